The second kappa shape index (κ2) is 17.4. The van der Waals surface area contributed by atoms with Gasteiger partial charge in [-0.1, -0.05) is 91.5 Å². The minimum atomic E-state index is -1.32. The van der Waals surface area contributed by atoms with E-state index >= 15 is 0 Å². The average Bonchev–Trinajstić information content (AvgIpc) is 3.03. The van der Waals surface area contributed by atoms with Crippen molar-refractivity contribution in [3.8, 4) is 0 Å². The fraction of sp³-hybridized carbons (Fsp3) is 0.385. The van der Waals surface area contributed by atoms with E-state index in [4.69, 9.17) is 9.47 Å². The first kappa shape index (κ1) is 38.5. The third-order valence-electron chi connectivity index (χ3n) is 7.21. The van der Waals surface area contributed by atoms with Crippen molar-refractivity contribution in [3.63, 3.8) is 0 Å². The molecule has 49 heavy (non-hydrogen) atoms. The summed E-state index contributed by atoms with van der Waals surface area (Å²) in [4.78, 5) is 56.8. The summed E-state index contributed by atoms with van der Waals surface area (Å²) >= 11 is 0. The van der Waals surface area contributed by atoms with E-state index in [0.29, 0.717) is 11.1 Å². The van der Waals surface area contributed by atoms with Crippen LogP contribution in [-0.4, -0.2) is 70.3 Å². The van der Waals surface area contributed by atoms with Gasteiger partial charge in [-0.3, -0.25) is 9.59 Å². The smallest absolute Gasteiger partial charge is 0.408 e. The van der Waals surface area contributed by atoms with Crippen LogP contribution in [0.2, 0.25) is 0 Å². The minimum Gasteiger partial charge on any atom is -0.458 e. The molecule has 3 unspecified atom stereocenters. The minimum absolute atomic E-state index is 0.0798. The Hall–Kier alpha value is -4.96. The normalized spacial score (nSPS) is 13.3. The molecule has 0 saturated carbocycles. The van der Waals surface area contributed by atoms with Crippen LogP contribution in [0.5, 0.6) is 0 Å². The molecule has 0 aliphatic carbocycles. The van der Waals surface area contributed by atoms with Gasteiger partial charge in [-0.2, -0.15) is 0 Å². The van der Waals surface area contributed by atoms with Gasteiger partial charge >= 0.3 is 12.1 Å². The van der Waals surface area contributed by atoms with Crippen molar-refractivity contribution in [1.82, 2.24) is 15.5 Å². The first-order valence-corrected chi connectivity index (χ1v) is 16.3. The Kier molecular flexibility index (Phi) is 13.7. The molecule has 0 heterocycles. The van der Waals surface area contributed by atoms with Crippen LogP contribution in [0.15, 0.2) is 91.5 Å². The van der Waals surface area contributed by atoms with E-state index in [1.165, 1.54) is 4.90 Å². The summed E-state index contributed by atoms with van der Waals surface area (Å²) < 4.78 is 11.2. The van der Waals surface area contributed by atoms with Crippen molar-refractivity contribution in [3.05, 3.63) is 114 Å². The van der Waals surface area contributed by atoms with E-state index in [9.17, 15) is 24.3 Å². The lowest BCUT2D eigenvalue weighted by molar-refractivity contribution is -0.159. The average molecular weight is 672 g/mol. The summed E-state index contributed by atoms with van der Waals surface area (Å²) in [5.41, 5.74) is 0.978. The number of ether oxygens (including phenoxy) is 2. The Morgan fingerprint density at radius 1 is 0.776 bits per heavy atom. The number of carbonyl (C=O) groups excluding carboxylic acids is 4. The van der Waals surface area contributed by atoms with Gasteiger partial charge in [0.1, 0.15) is 29.3 Å². The van der Waals surface area contributed by atoms with Crippen molar-refractivity contribution in [1.29, 1.82) is 0 Å². The maximum absolute atomic E-state index is 14.6. The molecular weight excluding hydrogens is 622 g/mol. The maximum Gasteiger partial charge on any atom is 0.408 e. The van der Waals surface area contributed by atoms with Crippen LogP contribution < -0.4 is 10.6 Å². The fourth-order valence-corrected chi connectivity index (χ4v) is 5.17. The third kappa shape index (κ3) is 12.5. The molecule has 0 saturated heterocycles. The molecule has 3 amide bonds. The van der Waals surface area contributed by atoms with Crippen molar-refractivity contribution in [2.45, 2.75) is 83.7 Å². The number of nitrogens with one attached hydrogen (secondary N) is 2. The second-order valence-corrected chi connectivity index (χ2v) is 13.7. The van der Waals surface area contributed by atoms with E-state index in [2.05, 4.69) is 17.2 Å². The zero-order chi connectivity index (χ0) is 36.2. The van der Waals surface area contributed by atoms with Crippen LogP contribution in [0.1, 0.15) is 69.8 Å². The summed E-state index contributed by atoms with van der Waals surface area (Å²) in [6.45, 7) is 13.4. The van der Waals surface area contributed by atoms with Crippen LogP contribution in [0.4, 0.5) is 4.79 Å². The molecule has 0 spiro atoms. The molecule has 10 heteroatoms. The maximum atomic E-state index is 14.6. The predicted octanol–water partition coefficient (Wildman–Crippen LogP) is 5.40. The predicted molar refractivity (Wildman–Crippen MR) is 189 cm³/mol. The van der Waals surface area contributed by atoms with Crippen LogP contribution in [0, 0.1) is 0 Å². The molecule has 3 aromatic rings. The number of hydrogen-bond donors (Lipinski definition) is 3. The lowest BCUT2D eigenvalue weighted by atomic mass is 9.98. The van der Waals surface area contributed by atoms with Gasteiger partial charge in [0, 0.05) is 19.4 Å². The zero-order valence-electron chi connectivity index (χ0n) is 29.3. The van der Waals surface area contributed by atoms with Crippen LogP contribution in [0.3, 0.4) is 0 Å². The van der Waals surface area contributed by atoms with Crippen molar-refractivity contribution < 1.29 is 33.8 Å². The zero-order valence-corrected chi connectivity index (χ0v) is 29.3. The Bertz CT molecular complexity index is 1560. The molecule has 0 aromatic heterocycles. The molecule has 0 fully saturated rings. The Labute approximate surface area is 289 Å². The number of esters is 1. The highest BCUT2D eigenvalue weighted by atomic mass is 16.6. The van der Waals surface area contributed by atoms with E-state index in [1.54, 1.807) is 71.9 Å². The summed E-state index contributed by atoms with van der Waals surface area (Å²) in [6, 6.07) is 21.6. The van der Waals surface area contributed by atoms with E-state index in [1.807, 2.05) is 60.7 Å². The Morgan fingerprint density at radius 3 is 1.84 bits per heavy atom. The van der Waals surface area contributed by atoms with Crippen molar-refractivity contribution in [2.24, 2.45) is 0 Å². The van der Waals surface area contributed by atoms with Gasteiger partial charge in [-0.25, -0.2) is 9.59 Å². The highest BCUT2D eigenvalue weighted by Crippen LogP contribution is 2.25. The van der Waals surface area contributed by atoms with Gasteiger partial charge < -0.3 is 30.1 Å². The number of nitrogens with zero attached hydrogens (tertiary/aromatic N) is 1. The molecule has 0 radical (unpaired) electrons. The van der Waals surface area contributed by atoms with Gasteiger partial charge in [0.2, 0.25) is 11.8 Å². The third-order valence-corrected chi connectivity index (χ3v) is 7.21. The van der Waals surface area contributed by atoms with Gasteiger partial charge in [0.25, 0.3) is 0 Å². The molecule has 3 aromatic carbocycles. The molecule has 0 bridgehead atoms. The standard InChI is InChI=1S/C39H49N3O7/c1-8-27-20-15-21-30(24-27)33(34(44)40-32(36(46)48-38(2,3)4)26-29-18-13-10-14-19-29)42(22-23-43)35(45)31(25-28-16-11-9-12-17-28)41-37(47)49-39(5,6)7/h8-21,24,31-33,43H,1,22-23,25-26H2,2-7H3,(H,40,44)(H,41,47). The number of aliphatic hydroxyl groups excluding tert-OH is 1. The lowest BCUT2D eigenvalue weighted by Crippen LogP contribution is -2.56. The number of carbonyl (C=O) groups is 4. The summed E-state index contributed by atoms with van der Waals surface area (Å²) in [5.74, 6) is -1.95. The number of benzene rings is 3. The molecule has 3 atom stereocenters. The number of aliphatic hydroxyl groups is 1. The van der Waals surface area contributed by atoms with E-state index in [0.717, 1.165) is 11.1 Å². The van der Waals surface area contributed by atoms with Gasteiger partial charge in [0.05, 0.1) is 6.61 Å². The molecular formula is C39H49N3O7. The number of hydrogen-bond acceptors (Lipinski definition) is 7. The van der Waals surface area contributed by atoms with Gasteiger partial charge in [-0.05, 0) is 69.9 Å². The van der Waals surface area contributed by atoms with E-state index in [-0.39, 0.29) is 19.4 Å². The highest BCUT2D eigenvalue weighted by molar-refractivity contribution is 5.94. The molecule has 3 N–H and O–H groups in total. The van der Waals surface area contributed by atoms with Crippen molar-refractivity contribution >= 4 is 30.0 Å². The topological polar surface area (TPSA) is 134 Å². The quantitative estimate of drug-likeness (QED) is 0.196. The van der Waals surface area contributed by atoms with Crippen molar-refractivity contribution in [2.75, 3.05) is 13.2 Å². The van der Waals surface area contributed by atoms with Gasteiger partial charge in [-0.15, -0.1) is 0 Å². The van der Waals surface area contributed by atoms with Gasteiger partial charge in [0.15, 0.2) is 0 Å². The largest absolute Gasteiger partial charge is 0.458 e. The number of alkyl carbamates (subject to hydrolysis) is 1. The summed E-state index contributed by atoms with van der Waals surface area (Å²) in [7, 11) is 0. The second-order valence-electron chi connectivity index (χ2n) is 13.7. The summed E-state index contributed by atoms with van der Waals surface area (Å²) in [6.07, 6.45) is 1.01. The van der Waals surface area contributed by atoms with Crippen LogP contribution in [-0.2, 0) is 36.7 Å². The fourth-order valence-electron chi connectivity index (χ4n) is 5.17. The molecule has 10 nitrogen and oxygen atoms in total. The van der Waals surface area contributed by atoms with E-state index < -0.39 is 59.8 Å². The monoisotopic (exact) mass is 671 g/mol. The molecule has 3 rings (SSSR count). The molecule has 0 aliphatic rings. The molecule has 262 valence electrons. The first-order chi connectivity index (χ1) is 23.1. The summed E-state index contributed by atoms with van der Waals surface area (Å²) in [5, 5.41) is 15.8. The van der Waals surface area contributed by atoms with Crippen LogP contribution >= 0.6 is 0 Å². The lowest BCUT2D eigenvalue weighted by Gasteiger charge is -2.35. The highest BCUT2D eigenvalue weighted by Gasteiger charge is 2.38. The Balaban J connectivity index is 2.10. The molecule has 0 aliphatic heterocycles. The Morgan fingerprint density at radius 2 is 1.33 bits per heavy atom. The van der Waals surface area contributed by atoms with Crippen LogP contribution in [0.25, 0.3) is 6.08 Å². The SMILES string of the molecule is C=Cc1cccc(C(C(=O)NC(Cc2ccccc2)C(=O)OC(C)(C)C)N(CCO)C(=O)C(Cc2ccccc2)NC(=O)OC(C)(C)C)c1. The number of rotatable bonds is 14. The number of amides is 3. The first-order valence-electron chi connectivity index (χ1n) is 16.3.